The van der Waals surface area contributed by atoms with Crippen molar-refractivity contribution in [3.05, 3.63) is 76.5 Å². The summed E-state index contributed by atoms with van der Waals surface area (Å²) in [6.07, 6.45) is 3.44. The van der Waals surface area contributed by atoms with Crippen LogP contribution in [0.2, 0.25) is 0 Å². The van der Waals surface area contributed by atoms with Gasteiger partial charge in [0.1, 0.15) is 11.5 Å². The molecular weight excluding hydrogens is 284 g/mol. The van der Waals surface area contributed by atoms with Crippen molar-refractivity contribution in [3.8, 4) is 0 Å². The zero-order valence-electron chi connectivity index (χ0n) is 13.5. The topological polar surface area (TPSA) is 41.5 Å². The van der Waals surface area contributed by atoms with Crippen LogP contribution in [0.4, 0.5) is 0 Å². The predicted molar refractivity (Wildman–Crippen MR) is 94.2 cm³/mol. The number of carbonyl (C=O) groups excluding carboxylic acids is 1. The molecule has 0 unspecified atom stereocenters. The summed E-state index contributed by atoms with van der Waals surface area (Å²) in [4.78, 5) is 16.5. The van der Waals surface area contributed by atoms with Gasteiger partial charge in [-0.3, -0.25) is 4.79 Å². The fourth-order valence-electron chi connectivity index (χ4n) is 2.59. The van der Waals surface area contributed by atoms with Crippen LogP contribution >= 0.6 is 0 Å². The van der Waals surface area contributed by atoms with E-state index in [2.05, 4.69) is 41.5 Å². The van der Waals surface area contributed by atoms with E-state index in [1.807, 2.05) is 37.3 Å². The number of rotatable bonds is 4. The van der Waals surface area contributed by atoms with Crippen molar-refractivity contribution in [1.82, 2.24) is 5.32 Å². The summed E-state index contributed by atoms with van der Waals surface area (Å²) in [6.45, 7) is 4.13. The molecule has 0 spiro atoms. The van der Waals surface area contributed by atoms with Crippen molar-refractivity contribution in [1.29, 1.82) is 0 Å². The van der Waals surface area contributed by atoms with Gasteiger partial charge >= 0.3 is 0 Å². The largest absolute Gasteiger partial charge is 0.309 e. The molecule has 0 fully saturated rings. The molecule has 1 heterocycles. The van der Waals surface area contributed by atoms with E-state index in [1.54, 1.807) is 0 Å². The highest BCUT2D eigenvalue weighted by Crippen LogP contribution is 2.15. The number of nitrogens with zero attached hydrogens (tertiary/aromatic N) is 1. The second kappa shape index (κ2) is 6.61. The minimum absolute atomic E-state index is 0.121. The van der Waals surface area contributed by atoms with Crippen LogP contribution in [0, 0.1) is 13.8 Å². The quantitative estimate of drug-likeness (QED) is 0.858. The third kappa shape index (κ3) is 3.95. The van der Waals surface area contributed by atoms with Crippen LogP contribution < -0.4 is 5.32 Å². The van der Waals surface area contributed by atoms with Crippen molar-refractivity contribution < 1.29 is 4.79 Å². The average Bonchev–Trinajstić information content (AvgIpc) is 2.88. The molecule has 116 valence electrons. The molecule has 0 saturated heterocycles. The van der Waals surface area contributed by atoms with Crippen LogP contribution in [0.1, 0.15) is 28.7 Å². The van der Waals surface area contributed by atoms with Crippen LogP contribution in [0.5, 0.6) is 0 Å². The van der Waals surface area contributed by atoms with Crippen LogP contribution in [0.3, 0.4) is 0 Å². The van der Waals surface area contributed by atoms with E-state index in [9.17, 15) is 4.79 Å². The Morgan fingerprint density at radius 3 is 2.52 bits per heavy atom. The number of amides is 1. The zero-order valence-corrected chi connectivity index (χ0v) is 13.5. The van der Waals surface area contributed by atoms with E-state index < -0.39 is 0 Å². The number of nitrogens with one attached hydrogen (secondary N) is 1. The average molecular weight is 304 g/mol. The summed E-state index contributed by atoms with van der Waals surface area (Å²) in [6, 6.07) is 16.5. The summed E-state index contributed by atoms with van der Waals surface area (Å²) < 4.78 is 0. The van der Waals surface area contributed by atoms with Crippen LogP contribution in [-0.2, 0) is 11.2 Å². The van der Waals surface area contributed by atoms with Gasteiger partial charge in [-0.15, -0.1) is 0 Å². The van der Waals surface area contributed by atoms with Gasteiger partial charge in [0.05, 0.1) is 0 Å². The molecule has 0 aromatic heterocycles. The number of hydrogen-bond acceptors (Lipinski definition) is 2. The third-order valence-electron chi connectivity index (χ3n) is 3.86. The monoisotopic (exact) mass is 304 g/mol. The molecule has 1 aliphatic rings. The van der Waals surface area contributed by atoms with Gasteiger partial charge in [-0.05, 0) is 37.5 Å². The van der Waals surface area contributed by atoms with Crippen LogP contribution in [0.25, 0.3) is 6.08 Å². The molecule has 1 amide bonds. The SMILES string of the molecule is Cc1ccc(/C=C2/N=C(CCc3cccc(C)c3)NC2=O)cc1. The van der Waals surface area contributed by atoms with Gasteiger partial charge in [0.2, 0.25) is 0 Å². The van der Waals surface area contributed by atoms with E-state index in [0.29, 0.717) is 5.70 Å². The minimum Gasteiger partial charge on any atom is -0.309 e. The molecule has 3 heteroatoms. The Balaban J connectivity index is 1.70. The first-order chi connectivity index (χ1) is 11.1. The van der Waals surface area contributed by atoms with E-state index in [1.165, 1.54) is 16.7 Å². The molecule has 23 heavy (non-hydrogen) atoms. The van der Waals surface area contributed by atoms with E-state index >= 15 is 0 Å². The highest BCUT2D eigenvalue weighted by Gasteiger charge is 2.19. The molecule has 1 aliphatic heterocycles. The predicted octanol–water partition coefficient (Wildman–Crippen LogP) is 3.81. The van der Waals surface area contributed by atoms with Crippen molar-refractivity contribution in [2.45, 2.75) is 26.7 Å². The van der Waals surface area contributed by atoms with Gasteiger partial charge < -0.3 is 5.32 Å². The van der Waals surface area contributed by atoms with Gasteiger partial charge in [0.25, 0.3) is 5.91 Å². The fraction of sp³-hybridized carbons (Fsp3) is 0.200. The molecule has 3 nitrogen and oxygen atoms in total. The third-order valence-corrected chi connectivity index (χ3v) is 3.86. The molecule has 0 radical (unpaired) electrons. The first-order valence-electron chi connectivity index (χ1n) is 7.83. The van der Waals surface area contributed by atoms with Gasteiger partial charge in [-0.25, -0.2) is 4.99 Å². The molecule has 2 aromatic carbocycles. The van der Waals surface area contributed by atoms with E-state index in [-0.39, 0.29) is 5.91 Å². The lowest BCUT2D eigenvalue weighted by atomic mass is 10.1. The second-order valence-electron chi connectivity index (χ2n) is 5.94. The molecule has 0 atom stereocenters. The van der Waals surface area contributed by atoms with Crippen molar-refractivity contribution >= 4 is 17.8 Å². The molecule has 0 bridgehead atoms. The van der Waals surface area contributed by atoms with Gasteiger partial charge in [0.15, 0.2) is 0 Å². The first-order valence-corrected chi connectivity index (χ1v) is 7.83. The molecule has 2 aromatic rings. The highest BCUT2D eigenvalue weighted by atomic mass is 16.2. The summed E-state index contributed by atoms with van der Waals surface area (Å²) in [5.74, 6) is 0.625. The number of aliphatic imine (C=N–C) groups is 1. The zero-order chi connectivity index (χ0) is 16.2. The lowest BCUT2D eigenvalue weighted by Gasteiger charge is -2.02. The van der Waals surface area contributed by atoms with Crippen molar-refractivity contribution in [2.24, 2.45) is 4.99 Å². The summed E-state index contributed by atoms with van der Waals surface area (Å²) >= 11 is 0. The molecule has 0 saturated carbocycles. The van der Waals surface area contributed by atoms with Crippen molar-refractivity contribution in [2.75, 3.05) is 0 Å². The fourth-order valence-corrected chi connectivity index (χ4v) is 2.59. The van der Waals surface area contributed by atoms with Gasteiger partial charge in [-0.2, -0.15) is 0 Å². The number of carbonyl (C=O) groups is 1. The van der Waals surface area contributed by atoms with E-state index in [0.717, 1.165) is 24.2 Å². The van der Waals surface area contributed by atoms with Crippen LogP contribution in [-0.4, -0.2) is 11.7 Å². The first kappa shape index (κ1) is 15.2. The molecule has 0 aliphatic carbocycles. The van der Waals surface area contributed by atoms with Gasteiger partial charge in [-0.1, -0.05) is 59.7 Å². The molecule has 3 rings (SSSR count). The Kier molecular flexibility index (Phi) is 4.38. The van der Waals surface area contributed by atoms with Gasteiger partial charge in [0, 0.05) is 6.42 Å². The number of benzene rings is 2. The summed E-state index contributed by atoms with van der Waals surface area (Å²) in [7, 11) is 0. The minimum atomic E-state index is -0.121. The smallest absolute Gasteiger partial charge is 0.275 e. The number of hydrogen-bond donors (Lipinski definition) is 1. The molecule has 1 N–H and O–H groups in total. The van der Waals surface area contributed by atoms with Crippen LogP contribution in [0.15, 0.2) is 59.2 Å². The normalized spacial score (nSPS) is 15.7. The highest BCUT2D eigenvalue weighted by molar-refractivity contribution is 6.14. The Morgan fingerprint density at radius 1 is 1.00 bits per heavy atom. The lowest BCUT2D eigenvalue weighted by Crippen LogP contribution is -2.24. The second-order valence-corrected chi connectivity index (χ2v) is 5.94. The molecular formula is C20H20N2O. The Hall–Kier alpha value is -2.68. The maximum atomic E-state index is 12.0. The Morgan fingerprint density at radius 2 is 1.78 bits per heavy atom. The van der Waals surface area contributed by atoms with Crippen molar-refractivity contribution in [3.63, 3.8) is 0 Å². The summed E-state index contributed by atoms with van der Waals surface area (Å²) in [5.41, 5.74) is 5.18. The van der Waals surface area contributed by atoms with E-state index in [4.69, 9.17) is 0 Å². The number of amidine groups is 1. The lowest BCUT2D eigenvalue weighted by molar-refractivity contribution is -0.115. The maximum absolute atomic E-state index is 12.0. The Labute approximate surface area is 136 Å². The Bertz CT molecular complexity index is 786. The standard InChI is InChI=1S/C20H20N2O/c1-14-6-8-17(9-7-14)13-18-20(23)22-19(21-18)11-10-16-5-3-4-15(2)12-16/h3-9,12-13H,10-11H2,1-2H3,(H,21,22,23)/b18-13+. The summed E-state index contributed by atoms with van der Waals surface area (Å²) in [5, 5.41) is 2.86. The maximum Gasteiger partial charge on any atom is 0.275 e. The number of aryl methyl sites for hydroxylation is 3.